The molecule has 2 N–H and O–H groups in total. The Balaban J connectivity index is 0.00000180. The van der Waals surface area contributed by atoms with E-state index >= 15 is 0 Å². The molecule has 0 bridgehead atoms. The number of amides is 1. The summed E-state index contributed by atoms with van der Waals surface area (Å²) in [5, 5.41) is 16.8. The molecule has 1 aromatic carbocycles. The first-order chi connectivity index (χ1) is 8.68. The minimum Gasteiger partial charge on any atom is -0.351 e. The van der Waals surface area contributed by atoms with Gasteiger partial charge in [-0.25, -0.2) is 0 Å². The maximum absolute atomic E-state index is 11.9. The van der Waals surface area contributed by atoms with E-state index in [9.17, 15) is 14.9 Å². The molecular weight excluding hydrogens is 270 g/mol. The highest BCUT2D eigenvalue weighted by Gasteiger charge is 2.20. The zero-order valence-electron chi connectivity index (χ0n) is 10.3. The molecule has 1 aliphatic heterocycles. The second-order valence-electron chi connectivity index (χ2n) is 4.34. The van der Waals surface area contributed by atoms with Crippen molar-refractivity contribution in [1.29, 1.82) is 0 Å². The van der Waals surface area contributed by atoms with Crippen LogP contribution >= 0.6 is 12.4 Å². The van der Waals surface area contributed by atoms with Crippen LogP contribution in [0, 0.1) is 16.0 Å². The molecule has 19 heavy (non-hydrogen) atoms. The van der Waals surface area contributed by atoms with Gasteiger partial charge in [0.05, 0.1) is 4.92 Å². The average Bonchev–Trinajstić information content (AvgIpc) is 2.89. The summed E-state index contributed by atoms with van der Waals surface area (Å²) in [4.78, 5) is 22.2. The third-order valence-corrected chi connectivity index (χ3v) is 3.06. The number of carbonyl (C=O) groups excluding carboxylic acids is 1. The smallest absolute Gasteiger partial charge is 0.282 e. The number of carbonyl (C=O) groups is 1. The predicted molar refractivity (Wildman–Crippen MR) is 73.7 cm³/mol. The topological polar surface area (TPSA) is 84.3 Å². The number of para-hydroxylation sites is 1. The summed E-state index contributed by atoms with van der Waals surface area (Å²) in [5.41, 5.74) is -0.0343. The van der Waals surface area contributed by atoms with E-state index in [-0.39, 0.29) is 29.6 Å². The quantitative estimate of drug-likeness (QED) is 0.646. The lowest BCUT2D eigenvalue weighted by Gasteiger charge is -2.10. The number of nitro groups is 1. The highest BCUT2D eigenvalue weighted by Crippen LogP contribution is 2.17. The minimum atomic E-state index is -0.536. The van der Waals surface area contributed by atoms with Crippen LogP contribution in [0.2, 0.25) is 0 Å². The van der Waals surface area contributed by atoms with Gasteiger partial charge in [-0.15, -0.1) is 12.4 Å². The number of rotatable bonds is 4. The Hall–Kier alpha value is -1.66. The number of benzene rings is 1. The van der Waals surface area contributed by atoms with Crippen molar-refractivity contribution in [2.24, 2.45) is 5.92 Å². The summed E-state index contributed by atoms with van der Waals surface area (Å²) in [6.45, 7) is 2.40. The van der Waals surface area contributed by atoms with E-state index in [1.165, 1.54) is 12.1 Å². The Bertz CT molecular complexity index is 461. The van der Waals surface area contributed by atoms with E-state index in [1.807, 2.05) is 0 Å². The van der Waals surface area contributed by atoms with Gasteiger partial charge in [0.15, 0.2) is 0 Å². The highest BCUT2D eigenvalue weighted by molar-refractivity contribution is 5.98. The van der Waals surface area contributed by atoms with Crippen LogP contribution in [0.25, 0.3) is 0 Å². The van der Waals surface area contributed by atoms with E-state index in [2.05, 4.69) is 10.6 Å². The lowest BCUT2D eigenvalue weighted by atomic mass is 10.1. The SMILES string of the molecule is Cl.O=C(NCC1CCNC1)c1ccccc1[N+](=O)[O-]. The van der Waals surface area contributed by atoms with Crippen molar-refractivity contribution in [1.82, 2.24) is 10.6 Å². The van der Waals surface area contributed by atoms with Gasteiger partial charge in [0, 0.05) is 12.6 Å². The molecule has 1 fully saturated rings. The van der Waals surface area contributed by atoms with Gasteiger partial charge in [-0.3, -0.25) is 14.9 Å². The van der Waals surface area contributed by atoms with Gasteiger partial charge in [0.2, 0.25) is 0 Å². The van der Waals surface area contributed by atoms with Crippen LogP contribution in [-0.2, 0) is 0 Å². The first-order valence-electron chi connectivity index (χ1n) is 5.91. The molecule has 1 saturated heterocycles. The maximum atomic E-state index is 11.9. The molecule has 0 radical (unpaired) electrons. The van der Waals surface area contributed by atoms with Crippen LogP contribution in [0.1, 0.15) is 16.8 Å². The van der Waals surface area contributed by atoms with Crippen molar-refractivity contribution >= 4 is 24.0 Å². The summed E-state index contributed by atoms with van der Waals surface area (Å²) >= 11 is 0. The van der Waals surface area contributed by atoms with Crippen LogP contribution in [0.15, 0.2) is 24.3 Å². The van der Waals surface area contributed by atoms with Crippen LogP contribution in [0.3, 0.4) is 0 Å². The molecule has 6 nitrogen and oxygen atoms in total. The summed E-state index contributed by atoms with van der Waals surface area (Å²) < 4.78 is 0. The zero-order chi connectivity index (χ0) is 13.0. The highest BCUT2D eigenvalue weighted by atomic mass is 35.5. The molecule has 1 atom stereocenters. The average molecular weight is 286 g/mol. The molecule has 7 heteroatoms. The Labute approximate surface area is 117 Å². The monoisotopic (exact) mass is 285 g/mol. The lowest BCUT2D eigenvalue weighted by molar-refractivity contribution is -0.385. The number of hydrogen-bond acceptors (Lipinski definition) is 4. The summed E-state index contributed by atoms with van der Waals surface area (Å²) in [7, 11) is 0. The molecule has 1 aliphatic rings. The maximum Gasteiger partial charge on any atom is 0.282 e. The molecule has 0 aromatic heterocycles. The summed E-state index contributed by atoms with van der Waals surface area (Å²) in [5.74, 6) is 0.0333. The second kappa shape index (κ2) is 7.06. The molecule has 1 unspecified atom stereocenters. The molecule has 1 aromatic rings. The molecule has 0 spiro atoms. The fraction of sp³-hybridized carbons (Fsp3) is 0.417. The van der Waals surface area contributed by atoms with Crippen molar-refractivity contribution in [2.45, 2.75) is 6.42 Å². The molecule has 2 rings (SSSR count). The lowest BCUT2D eigenvalue weighted by Crippen LogP contribution is -2.30. The van der Waals surface area contributed by atoms with Crippen molar-refractivity contribution in [3.63, 3.8) is 0 Å². The molecule has 104 valence electrons. The van der Waals surface area contributed by atoms with Crippen LogP contribution < -0.4 is 10.6 Å². The fourth-order valence-electron chi connectivity index (χ4n) is 2.05. The zero-order valence-corrected chi connectivity index (χ0v) is 11.1. The van der Waals surface area contributed by atoms with E-state index in [1.54, 1.807) is 12.1 Å². The van der Waals surface area contributed by atoms with Gasteiger partial charge in [-0.05, 0) is 31.5 Å². The molecular formula is C12H16ClN3O3. The van der Waals surface area contributed by atoms with E-state index < -0.39 is 4.92 Å². The van der Waals surface area contributed by atoms with Gasteiger partial charge in [-0.2, -0.15) is 0 Å². The first kappa shape index (κ1) is 15.4. The van der Waals surface area contributed by atoms with Gasteiger partial charge in [0.1, 0.15) is 5.56 Å². The number of halogens is 1. The standard InChI is InChI=1S/C12H15N3O3.ClH/c16-12(14-8-9-5-6-13-7-9)10-3-1-2-4-11(10)15(17)18;/h1-4,9,13H,5-8H2,(H,14,16);1H. The summed E-state index contributed by atoms with van der Waals surface area (Å²) in [6.07, 6.45) is 1.02. The van der Waals surface area contributed by atoms with E-state index in [4.69, 9.17) is 0 Å². The van der Waals surface area contributed by atoms with Crippen LogP contribution in [-0.4, -0.2) is 30.5 Å². The Morgan fingerprint density at radius 1 is 1.47 bits per heavy atom. The second-order valence-corrected chi connectivity index (χ2v) is 4.34. The Morgan fingerprint density at radius 2 is 2.21 bits per heavy atom. The van der Waals surface area contributed by atoms with Crippen molar-refractivity contribution < 1.29 is 9.72 Å². The van der Waals surface area contributed by atoms with E-state index in [0.29, 0.717) is 12.5 Å². The normalized spacial score (nSPS) is 17.6. The van der Waals surface area contributed by atoms with E-state index in [0.717, 1.165) is 19.5 Å². The molecule has 0 aliphatic carbocycles. The largest absolute Gasteiger partial charge is 0.351 e. The van der Waals surface area contributed by atoms with Crippen molar-refractivity contribution in [3.05, 3.63) is 39.9 Å². The summed E-state index contributed by atoms with van der Waals surface area (Å²) in [6, 6.07) is 5.99. The van der Waals surface area contributed by atoms with Gasteiger partial charge >= 0.3 is 0 Å². The third kappa shape index (κ3) is 3.90. The van der Waals surface area contributed by atoms with Gasteiger partial charge < -0.3 is 10.6 Å². The van der Waals surface area contributed by atoms with Crippen molar-refractivity contribution in [3.8, 4) is 0 Å². The molecule has 1 amide bonds. The van der Waals surface area contributed by atoms with Gasteiger partial charge in [-0.1, -0.05) is 12.1 Å². The molecule has 1 heterocycles. The fourth-order valence-corrected chi connectivity index (χ4v) is 2.05. The van der Waals surface area contributed by atoms with Crippen LogP contribution in [0.4, 0.5) is 5.69 Å². The minimum absolute atomic E-state index is 0. The third-order valence-electron chi connectivity index (χ3n) is 3.06. The molecule has 0 saturated carbocycles. The first-order valence-corrected chi connectivity index (χ1v) is 5.91. The Kier molecular flexibility index (Phi) is 5.72. The number of hydrogen-bond donors (Lipinski definition) is 2. The number of nitrogens with one attached hydrogen (secondary N) is 2. The number of nitro benzene ring substituents is 1. The number of nitrogens with zero attached hydrogens (tertiary/aromatic N) is 1. The Morgan fingerprint density at radius 3 is 2.84 bits per heavy atom. The van der Waals surface area contributed by atoms with Gasteiger partial charge in [0.25, 0.3) is 11.6 Å². The van der Waals surface area contributed by atoms with Crippen LogP contribution in [0.5, 0.6) is 0 Å². The predicted octanol–water partition coefficient (Wildman–Crippen LogP) is 1.36. The van der Waals surface area contributed by atoms with Crippen molar-refractivity contribution in [2.75, 3.05) is 19.6 Å².